The number of aliphatic hydroxyl groups excluding tert-OH is 2. The standard InChI is InChI=1S/C9H14N2O13P2/c12-3-1-11(9(16)10-7(3)15)8-6(14)5(13)4(23-8)2-22-26(20,21)24-25(17,18)19/h1,4-6,8,12-14H,2H2,(H,20,21)(H,10,15,16)(H2,17,18,19)/t4-,5-,6-,8-/m1/s1. The molecule has 0 spiro atoms. The Labute approximate surface area is 142 Å². The number of rotatable bonds is 6. The third kappa shape index (κ3) is 4.86. The summed E-state index contributed by atoms with van der Waals surface area (Å²) in [5.74, 6) is -0.885. The number of aromatic amines is 1. The van der Waals surface area contributed by atoms with Crippen molar-refractivity contribution in [2.24, 2.45) is 0 Å². The van der Waals surface area contributed by atoms with E-state index >= 15 is 0 Å². The van der Waals surface area contributed by atoms with Crippen molar-refractivity contribution in [2.45, 2.75) is 24.5 Å². The van der Waals surface area contributed by atoms with Crippen molar-refractivity contribution in [3.8, 4) is 5.75 Å². The van der Waals surface area contributed by atoms with Gasteiger partial charge in [0.2, 0.25) is 0 Å². The lowest BCUT2D eigenvalue weighted by molar-refractivity contribution is -0.0544. The molecule has 1 aliphatic rings. The smallest absolute Gasteiger partial charge is 0.481 e. The molecule has 1 unspecified atom stereocenters. The summed E-state index contributed by atoms with van der Waals surface area (Å²) in [6.45, 7) is -0.966. The zero-order valence-electron chi connectivity index (χ0n) is 12.5. The van der Waals surface area contributed by atoms with Crippen molar-refractivity contribution >= 4 is 15.6 Å². The first kappa shape index (κ1) is 20.9. The van der Waals surface area contributed by atoms with E-state index in [0.717, 1.165) is 0 Å². The molecule has 0 bridgehead atoms. The fourth-order valence-electron chi connectivity index (χ4n) is 2.09. The summed E-state index contributed by atoms with van der Waals surface area (Å²) < 4.78 is 35.3. The second-order valence-electron chi connectivity index (χ2n) is 5.06. The van der Waals surface area contributed by atoms with Gasteiger partial charge in [-0.05, 0) is 0 Å². The van der Waals surface area contributed by atoms with E-state index in [-0.39, 0.29) is 0 Å². The van der Waals surface area contributed by atoms with E-state index in [2.05, 4.69) is 8.83 Å². The van der Waals surface area contributed by atoms with E-state index in [1.165, 1.54) is 0 Å². The number of hydrogen-bond donors (Lipinski definition) is 7. The van der Waals surface area contributed by atoms with Crippen LogP contribution < -0.4 is 11.2 Å². The molecule has 1 aromatic heterocycles. The van der Waals surface area contributed by atoms with E-state index in [1.54, 1.807) is 4.98 Å². The highest BCUT2D eigenvalue weighted by molar-refractivity contribution is 7.60. The SMILES string of the molecule is O=c1[nH]c(=O)n([C@@H]2O[C@H](COP(=O)(O)OP(=O)(O)O)[C@@H](O)[C@H]2O)cc1O. The molecule has 1 fully saturated rings. The van der Waals surface area contributed by atoms with Crippen LogP contribution in [0.4, 0.5) is 0 Å². The third-order valence-electron chi connectivity index (χ3n) is 3.17. The van der Waals surface area contributed by atoms with Crippen molar-refractivity contribution in [3.63, 3.8) is 0 Å². The van der Waals surface area contributed by atoms with E-state index in [1.807, 2.05) is 0 Å². The second-order valence-corrected chi connectivity index (χ2v) is 7.89. The van der Waals surface area contributed by atoms with Crippen LogP contribution in [0.15, 0.2) is 15.8 Å². The lowest BCUT2D eigenvalue weighted by Crippen LogP contribution is -2.37. The molecule has 2 rings (SSSR count). The molecule has 148 valence electrons. The first-order valence-corrected chi connectivity index (χ1v) is 9.63. The van der Waals surface area contributed by atoms with Crippen molar-refractivity contribution in [2.75, 3.05) is 6.61 Å². The molecule has 0 radical (unpaired) electrons. The largest absolute Gasteiger partial charge is 0.502 e. The maximum Gasteiger partial charge on any atom is 0.481 e. The van der Waals surface area contributed by atoms with Crippen molar-refractivity contribution in [1.82, 2.24) is 9.55 Å². The summed E-state index contributed by atoms with van der Waals surface area (Å²) in [5, 5.41) is 29.1. The molecule has 1 aliphatic heterocycles. The number of aliphatic hydroxyl groups is 2. The Hall–Kier alpha value is -1.38. The molecule has 1 saturated heterocycles. The normalized spacial score (nSPS) is 28.8. The number of nitrogens with one attached hydrogen (secondary N) is 1. The summed E-state index contributed by atoms with van der Waals surface area (Å²) >= 11 is 0. The molecule has 1 aromatic rings. The van der Waals surface area contributed by atoms with Crippen LogP contribution in [0.2, 0.25) is 0 Å². The molecule has 0 aromatic carbocycles. The maximum absolute atomic E-state index is 11.7. The Kier molecular flexibility index (Phi) is 5.90. The summed E-state index contributed by atoms with van der Waals surface area (Å²) in [4.78, 5) is 50.6. The number of hydrogen-bond acceptors (Lipinski definition) is 10. The average Bonchev–Trinajstić information content (AvgIpc) is 2.75. The molecule has 0 aliphatic carbocycles. The van der Waals surface area contributed by atoms with Crippen LogP contribution in [-0.2, 0) is 22.7 Å². The molecule has 2 heterocycles. The topological polar surface area (TPSA) is 238 Å². The molecule has 7 N–H and O–H groups in total. The molecule has 0 amide bonds. The summed E-state index contributed by atoms with van der Waals surface area (Å²) in [6, 6.07) is 0. The van der Waals surface area contributed by atoms with Crippen LogP contribution in [0.25, 0.3) is 0 Å². The predicted octanol–water partition coefficient (Wildman–Crippen LogP) is -2.91. The molecule has 17 heteroatoms. The van der Waals surface area contributed by atoms with Crippen LogP contribution in [0.3, 0.4) is 0 Å². The predicted molar refractivity (Wildman–Crippen MR) is 77.8 cm³/mol. The minimum atomic E-state index is -5.35. The number of phosphoric ester groups is 1. The van der Waals surface area contributed by atoms with Gasteiger partial charge < -0.3 is 34.7 Å². The molecular weight excluding hydrogens is 406 g/mol. The fraction of sp³-hybridized carbons (Fsp3) is 0.556. The van der Waals surface area contributed by atoms with E-state index in [0.29, 0.717) is 10.8 Å². The number of phosphoric acid groups is 2. The molecule has 26 heavy (non-hydrogen) atoms. The van der Waals surface area contributed by atoms with E-state index < -0.39 is 63.8 Å². The van der Waals surface area contributed by atoms with Gasteiger partial charge >= 0.3 is 21.3 Å². The minimum Gasteiger partial charge on any atom is -0.502 e. The number of aromatic nitrogens is 2. The fourth-order valence-corrected chi connectivity index (χ4v) is 3.69. The van der Waals surface area contributed by atoms with Crippen molar-refractivity contribution < 1.29 is 52.7 Å². The zero-order valence-corrected chi connectivity index (χ0v) is 14.3. The van der Waals surface area contributed by atoms with Crippen LogP contribution in [0.5, 0.6) is 5.75 Å². The molecule has 15 nitrogen and oxygen atoms in total. The van der Waals surface area contributed by atoms with Crippen LogP contribution in [0, 0.1) is 0 Å². The molecule has 0 saturated carbocycles. The van der Waals surface area contributed by atoms with Gasteiger partial charge in [0.15, 0.2) is 12.0 Å². The Bertz CT molecular complexity index is 873. The lowest BCUT2D eigenvalue weighted by Gasteiger charge is -2.17. The molecular formula is C9H14N2O13P2. The summed E-state index contributed by atoms with van der Waals surface area (Å²) in [7, 11) is -10.6. The monoisotopic (exact) mass is 420 g/mol. The first-order chi connectivity index (χ1) is 11.8. The van der Waals surface area contributed by atoms with Gasteiger partial charge in [-0.3, -0.25) is 18.9 Å². The average molecular weight is 420 g/mol. The van der Waals surface area contributed by atoms with Crippen LogP contribution >= 0.6 is 15.6 Å². The Balaban J connectivity index is 2.14. The first-order valence-electron chi connectivity index (χ1n) is 6.61. The van der Waals surface area contributed by atoms with Crippen LogP contribution in [0.1, 0.15) is 6.23 Å². The minimum absolute atomic E-state index is 0.551. The highest BCUT2D eigenvalue weighted by Gasteiger charge is 2.45. The lowest BCUT2D eigenvalue weighted by atomic mass is 10.1. The quantitative estimate of drug-likeness (QED) is 0.229. The Morgan fingerprint density at radius 1 is 1.19 bits per heavy atom. The van der Waals surface area contributed by atoms with Crippen LogP contribution in [-0.4, -0.2) is 64.5 Å². The van der Waals surface area contributed by atoms with E-state index in [9.17, 15) is 34.0 Å². The van der Waals surface area contributed by atoms with Crippen molar-refractivity contribution in [1.29, 1.82) is 0 Å². The Morgan fingerprint density at radius 2 is 1.81 bits per heavy atom. The summed E-state index contributed by atoms with van der Waals surface area (Å²) in [5.41, 5.74) is -2.20. The van der Waals surface area contributed by atoms with Gasteiger partial charge in [-0.2, -0.15) is 4.31 Å². The van der Waals surface area contributed by atoms with E-state index in [4.69, 9.17) is 19.4 Å². The highest BCUT2D eigenvalue weighted by Crippen LogP contribution is 2.57. The summed E-state index contributed by atoms with van der Waals surface area (Å²) in [6.07, 6.45) is -6.06. The number of aromatic hydroxyl groups is 1. The third-order valence-corrected chi connectivity index (χ3v) is 5.32. The number of H-pyrrole nitrogens is 1. The number of nitrogens with zero attached hydrogens (tertiary/aromatic N) is 1. The van der Waals surface area contributed by atoms with Gasteiger partial charge in [0.25, 0.3) is 5.56 Å². The number of ether oxygens (including phenoxy) is 1. The Morgan fingerprint density at radius 3 is 2.38 bits per heavy atom. The van der Waals surface area contributed by atoms with Gasteiger partial charge in [0, 0.05) is 0 Å². The zero-order chi connectivity index (χ0) is 19.9. The highest BCUT2D eigenvalue weighted by atomic mass is 31.3. The molecule has 5 atom stereocenters. The second kappa shape index (κ2) is 7.32. The van der Waals surface area contributed by atoms with Gasteiger partial charge in [0.1, 0.15) is 18.3 Å². The van der Waals surface area contributed by atoms with Gasteiger partial charge in [0.05, 0.1) is 12.8 Å². The van der Waals surface area contributed by atoms with Gasteiger partial charge in [-0.1, -0.05) is 0 Å². The van der Waals surface area contributed by atoms with Gasteiger partial charge in [-0.15, -0.1) is 0 Å². The van der Waals surface area contributed by atoms with Crippen molar-refractivity contribution in [3.05, 3.63) is 27.0 Å². The van der Waals surface area contributed by atoms with Gasteiger partial charge in [-0.25, -0.2) is 13.9 Å². The maximum atomic E-state index is 11.7.